The zero-order chi connectivity index (χ0) is 27.5. The van der Waals surface area contributed by atoms with Gasteiger partial charge in [0.2, 0.25) is 6.29 Å². The largest absolute Gasteiger partial charge is 0.504 e. The van der Waals surface area contributed by atoms with Crippen molar-refractivity contribution < 1.29 is 54.5 Å². The highest BCUT2D eigenvalue weighted by Crippen LogP contribution is 2.37. The number of benzene rings is 2. The van der Waals surface area contributed by atoms with Crippen LogP contribution in [0.5, 0.6) is 34.5 Å². The molecular weight excluding hydrogens is 488 g/mol. The van der Waals surface area contributed by atoms with Crippen molar-refractivity contribution in [2.24, 2.45) is 0 Å². The Bertz CT molecular complexity index is 992. The van der Waals surface area contributed by atoms with E-state index in [4.69, 9.17) is 9.47 Å². The highest BCUT2D eigenvalue weighted by Gasteiger charge is 2.25. The van der Waals surface area contributed by atoms with Crippen molar-refractivity contribution in [1.82, 2.24) is 0 Å². The lowest BCUT2D eigenvalue weighted by atomic mass is 10.1. The van der Waals surface area contributed by atoms with Gasteiger partial charge in [0.25, 0.3) is 0 Å². The molecule has 0 spiro atoms. The third-order valence-corrected chi connectivity index (χ3v) is 5.56. The Morgan fingerprint density at radius 1 is 0.649 bits per heavy atom. The number of carbonyl (C=O) groups is 3. The van der Waals surface area contributed by atoms with Gasteiger partial charge in [-0.1, -0.05) is 39.0 Å². The maximum Gasteiger partial charge on any atom is 0.341 e. The van der Waals surface area contributed by atoms with Crippen molar-refractivity contribution in [3.8, 4) is 34.5 Å². The Balaban J connectivity index is 2.09. The van der Waals surface area contributed by atoms with E-state index in [0.29, 0.717) is 12.8 Å². The first-order valence-electron chi connectivity index (χ1n) is 12.0. The normalized spacial score (nSPS) is 10.9. The van der Waals surface area contributed by atoms with Crippen LogP contribution in [0.1, 0.15) is 85.4 Å². The summed E-state index contributed by atoms with van der Waals surface area (Å²) in [5.74, 6) is -7.24. The molecule has 2 rings (SSSR count). The number of ketones is 1. The van der Waals surface area contributed by atoms with E-state index in [1.54, 1.807) is 0 Å². The van der Waals surface area contributed by atoms with Crippen molar-refractivity contribution in [3.05, 3.63) is 35.4 Å². The first-order chi connectivity index (χ1) is 17.5. The SMILES string of the molecule is CCCCCCCCC(=O)CCC(OC(=O)c1cc(O)c(O)c(O)c1)OC(=O)c1cc(O)c(O)c(O)c1. The van der Waals surface area contributed by atoms with Gasteiger partial charge in [-0.05, 0) is 30.7 Å². The van der Waals surface area contributed by atoms with Crippen molar-refractivity contribution >= 4 is 17.7 Å². The fraction of sp³-hybridized carbons (Fsp3) is 0.423. The molecule has 0 aliphatic carbocycles. The van der Waals surface area contributed by atoms with Gasteiger partial charge in [0.15, 0.2) is 34.5 Å². The fourth-order valence-electron chi connectivity index (χ4n) is 3.47. The highest BCUT2D eigenvalue weighted by molar-refractivity contribution is 5.92. The molecule has 0 saturated carbocycles. The van der Waals surface area contributed by atoms with Crippen LogP contribution in [-0.2, 0) is 14.3 Å². The van der Waals surface area contributed by atoms with E-state index >= 15 is 0 Å². The minimum atomic E-state index is -1.59. The molecule has 202 valence electrons. The number of hydrogen-bond donors (Lipinski definition) is 6. The lowest BCUT2D eigenvalue weighted by Crippen LogP contribution is -2.26. The zero-order valence-electron chi connectivity index (χ0n) is 20.5. The number of ether oxygens (including phenoxy) is 2. The summed E-state index contributed by atoms with van der Waals surface area (Å²) in [6.07, 6.45) is 4.40. The van der Waals surface area contributed by atoms with Gasteiger partial charge >= 0.3 is 11.9 Å². The topological polar surface area (TPSA) is 191 Å². The van der Waals surface area contributed by atoms with Gasteiger partial charge in [0.05, 0.1) is 11.1 Å². The number of phenolic OH excluding ortho intramolecular Hbond substituents is 6. The van der Waals surface area contributed by atoms with Crippen LogP contribution >= 0.6 is 0 Å². The first-order valence-corrected chi connectivity index (χ1v) is 12.0. The molecule has 0 aliphatic heterocycles. The lowest BCUT2D eigenvalue weighted by Gasteiger charge is -2.19. The van der Waals surface area contributed by atoms with Gasteiger partial charge < -0.3 is 40.1 Å². The van der Waals surface area contributed by atoms with Gasteiger partial charge in [-0.2, -0.15) is 0 Å². The van der Waals surface area contributed by atoms with Gasteiger partial charge in [-0.3, -0.25) is 4.79 Å². The second-order valence-electron chi connectivity index (χ2n) is 8.56. The number of aromatic hydroxyl groups is 6. The molecule has 0 radical (unpaired) electrons. The molecule has 2 aromatic carbocycles. The van der Waals surface area contributed by atoms with E-state index in [2.05, 4.69) is 6.92 Å². The van der Waals surface area contributed by atoms with E-state index in [1.165, 1.54) is 0 Å². The summed E-state index contributed by atoms with van der Waals surface area (Å²) in [6.45, 7) is 2.11. The number of carbonyl (C=O) groups excluding carboxylic acids is 3. The minimum Gasteiger partial charge on any atom is -0.504 e. The van der Waals surface area contributed by atoms with E-state index in [1.807, 2.05) is 0 Å². The summed E-state index contributed by atoms with van der Waals surface area (Å²) >= 11 is 0. The molecule has 0 bridgehead atoms. The molecule has 0 fully saturated rings. The predicted molar refractivity (Wildman–Crippen MR) is 130 cm³/mol. The average molecular weight is 521 g/mol. The van der Waals surface area contributed by atoms with E-state index in [9.17, 15) is 45.0 Å². The third kappa shape index (κ3) is 8.78. The molecule has 0 atom stereocenters. The van der Waals surface area contributed by atoms with E-state index in [0.717, 1.165) is 56.4 Å². The molecule has 0 amide bonds. The fourth-order valence-corrected chi connectivity index (χ4v) is 3.47. The monoisotopic (exact) mass is 520 g/mol. The van der Waals surface area contributed by atoms with Crippen LogP contribution in [0.25, 0.3) is 0 Å². The maximum absolute atomic E-state index is 12.6. The van der Waals surface area contributed by atoms with E-state index in [-0.39, 0.29) is 29.8 Å². The Morgan fingerprint density at radius 2 is 1.05 bits per heavy atom. The third-order valence-electron chi connectivity index (χ3n) is 5.56. The second kappa shape index (κ2) is 13.8. The van der Waals surface area contributed by atoms with Crippen molar-refractivity contribution in [2.45, 2.75) is 71.0 Å². The van der Waals surface area contributed by atoms with Crippen LogP contribution in [0.4, 0.5) is 0 Å². The number of Topliss-reactive ketones (excluding diaryl/α,β-unsaturated/α-hetero) is 1. The van der Waals surface area contributed by atoms with Crippen molar-refractivity contribution in [1.29, 1.82) is 0 Å². The van der Waals surface area contributed by atoms with Gasteiger partial charge in [0, 0.05) is 19.3 Å². The minimum absolute atomic E-state index is 0.0850. The Hall–Kier alpha value is -4.15. The molecule has 0 heterocycles. The summed E-state index contributed by atoms with van der Waals surface area (Å²) in [6, 6.07) is 3.32. The summed E-state index contributed by atoms with van der Waals surface area (Å²) < 4.78 is 10.3. The number of esters is 2. The smallest absolute Gasteiger partial charge is 0.341 e. The maximum atomic E-state index is 12.6. The van der Waals surface area contributed by atoms with Crippen LogP contribution in [0.15, 0.2) is 24.3 Å². The molecule has 11 nitrogen and oxygen atoms in total. The Morgan fingerprint density at radius 3 is 1.49 bits per heavy atom. The first kappa shape index (κ1) is 29.1. The molecule has 11 heteroatoms. The molecule has 2 aromatic rings. The van der Waals surface area contributed by atoms with Gasteiger partial charge in [-0.15, -0.1) is 0 Å². The molecule has 0 aliphatic rings. The molecule has 6 N–H and O–H groups in total. The summed E-state index contributed by atoms with van der Waals surface area (Å²) in [5.41, 5.74) is -0.737. The van der Waals surface area contributed by atoms with Crippen LogP contribution in [0, 0.1) is 0 Å². The quantitative estimate of drug-likeness (QED) is 0.0897. The van der Waals surface area contributed by atoms with Crippen LogP contribution in [-0.4, -0.2) is 54.7 Å². The Kier molecular flexibility index (Phi) is 10.9. The molecular formula is C26H32O11. The zero-order valence-corrected chi connectivity index (χ0v) is 20.5. The summed E-state index contributed by atoms with van der Waals surface area (Å²) in [5, 5.41) is 57.5. The lowest BCUT2D eigenvalue weighted by molar-refractivity contribution is -0.123. The molecule has 0 saturated heterocycles. The molecule has 0 unspecified atom stereocenters. The average Bonchev–Trinajstić information content (AvgIpc) is 2.85. The number of hydrogen-bond acceptors (Lipinski definition) is 11. The number of phenols is 6. The predicted octanol–water partition coefficient (Wildman–Crippen LogP) is 4.36. The van der Waals surface area contributed by atoms with Crippen molar-refractivity contribution in [2.75, 3.05) is 0 Å². The van der Waals surface area contributed by atoms with Crippen LogP contribution in [0.3, 0.4) is 0 Å². The van der Waals surface area contributed by atoms with E-state index < -0.39 is 52.7 Å². The van der Waals surface area contributed by atoms with Crippen LogP contribution in [0.2, 0.25) is 0 Å². The molecule has 37 heavy (non-hydrogen) atoms. The molecule has 0 aromatic heterocycles. The standard InChI is InChI=1S/C26H32O11/c1-2-3-4-5-6-7-8-17(27)9-10-22(36-25(34)15-11-18(28)23(32)19(29)12-15)37-26(35)16-13-20(30)24(33)21(31)14-16/h11-14,22,28-33H,2-10H2,1H3. The summed E-state index contributed by atoms with van der Waals surface area (Å²) in [7, 11) is 0. The Labute approximate surface area is 213 Å². The highest BCUT2D eigenvalue weighted by atomic mass is 16.7. The van der Waals surface area contributed by atoms with Gasteiger partial charge in [0.1, 0.15) is 5.78 Å². The number of rotatable bonds is 14. The van der Waals surface area contributed by atoms with Gasteiger partial charge in [-0.25, -0.2) is 9.59 Å². The second-order valence-corrected chi connectivity index (χ2v) is 8.56. The van der Waals surface area contributed by atoms with Crippen LogP contribution < -0.4 is 0 Å². The van der Waals surface area contributed by atoms with Crippen molar-refractivity contribution in [3.63, 3.8) is 0 Å². The number of unbranched alkanes of at least 4 members (excludes halogenated alkanes) is 5. The summed E-state index contributed by atoms with van der Waals surface area (Å²) in [4.78, 5) is 37.5.